The number of aromatic amines is 1. The van der Waals surface area contributed by atoms with Crippen LogP contribution in [0.1, 0.15) is 5.56 Å². The first-order valence-corrected chi connectivity index (χ1v) is 11.2. The van der Waals surface area contributed by atoms with Crippen molar-refractivity contribution in [3.05, 3.63) is 90.6 Å². The predicted molar refractivity (Wildman–Crippen MR) is 114 cm³/mol. The van der Waals surface area contributed by atoms with Crippen LogP contribution in [-0.4, -0.2) is 24.9 Å². The number of nitrogens with one attached hydrogen (secondary N) is 1. The van der Waals surface area contributed by atoms with Gasteiger partial charge in [0.25, 0.3) is 0 Å². The van der Waals surface area contributed by atoms with E-state index in [-0.39, 0.29) is 0 Å². The van der Waals surface area contributed by atoms with Crippen LogP contribution in [0.2, 0.25) is 0 Å². The van der Waals surface area contributed by atoms with Crippen molar-refractivity contribution >= 4 is 9.84 Å². The number of hydrogen-bond acceptors (Lipinski definition) is 5. The molecule has 0 unspecified atom stereocenters. The van der Waals surface area contributed by atoms with Gasteiger partial charge >= 0.3 is 0 Å². The summed E-state index contributed by atoms with van der Waals surface area (Å²) in [5.74, 6) is 2.14. The van der Waals surface area contributed by atoms with Gasteiger partial charge in [0.15, 0.2) is 9.84 Å². The smallest absolute Gasteiger partial charge is 0.175 e. The monoisotopic (exact) mass is 420 g/mol. The van der Waals surface area contributed by atoms with Crippen LogP contribution in [0, 0.1) is 0 Å². The average molecular weight is 420 g/mol. The van der Waals surface area contributed by atoms with Crippen molar-refractivity contribution in [1.82, 2.24) is 10.2 Å². The van der Waals surface area contributed by atoms with E-state index in [1.54, 1.807) is 30.5 Å². The van der Waals surface area contributed by atoms with Gasteiger partial charge in [-0.25, -0.2) is 8.42 Å². The van der Waals surface area contributed by atoms with Crippen LogP contribution in [0.25, 0.3) is 11.3 Å². The molecule has 6 nitrogen and oxygen atoms in total. The van der Waals surface area contributed by atoms with Crippen LogP contribution in [0.5, 0.6) is 17.2 Å². The molecule has 0 amide bonds. The van der Waals surface area contributed by atoms with E-state index in [4.69, 9.17) is 9.47 Å². The van der Waals surface area contributed by atoms with Crippen molar-refractivity contribution in [3.8, 4) is 28.5 Å². The molecule has 0 aliphatic carbocycles. The lowest BCUT2D eigenvalue weighted by molar-refractivity contribution is 0.305. The van der Waals surface area contributed by atoms with Crippen LogP contribution >= 0.6 is 0 Å². The first kappa shape index (κ1) is 19.7. The molecule has 4 rings (SSSR count). The lowest BCUT2D eigenvalue weighted by Crippen LogP contribution is -1.99. The Kier molecular flexibility index (Phi) is 5.54. The SMILES string of the molecule is CS(=O)(=O)c1ccc(COc2ccc(Oc3ccc(-c4ccn[nH]4)cc3)cc2)cc1. The van der Waals surface area contributed by atoms with Crippen molar-refractivity contribution < 1.29 is 17.9 Å². The Balaban J connectivity index is 1.34. The average Bonchev–Trinajstić information content (AvgIpc) is 3.28. The molecule has 0 radical (unpaired) electrons. The molecule has 0 aliphatic rings. The summed E-state index contributed by atoms with van der Waals surface area (Å²) < 4.78 is 34.7. The van der Waals surface area contributed by atoms with E-state index in [9.17, 15) is 8.42 Å². The largest absolute Gasteiger partial charge is 0.489 e. The van der Waals surface area contributed by atoms with E-state index in [2.05, 4.69) is 10.2 Å². The molecule has 0 saturated heterocycles. The molecule has 0 saturated carbocycles. The first-order valence-electron chi connectivity index (χ1n) is 9.27. The lowest BCUT2D eigenvalue weighted by Gasteiger charge is -2.09. The maximum atomic E-state index is 11.5. The fourth-order valence-electron chi connectivity index (χ4n) is 2.86. The molecule has 1 N–H and O–H groups in total. The van der Waals surface area contributed by atoms with Gasteiger partial charge in [0, 0.05) is 12.5 Å². The van der Waals surface area contributed by atoms with Gasteiger partial charge in [-0.3, -0.25) is 5.10 Å². The Bertz CT molecular complexity index is 1200. The summed E-state index contributed by atoms with van der Waals surface area (Å²) in [5.41, 5.74) is 2.88. The Labute approximate surface area is 175 Å². The normalized spacial score (nSPS) is 11.2. The van der Waals surface area contributed by atoms with Gasteiger partial charge in [-0.05, 0) is 77.9 Å². The van der Waals surface area contributed by atoms with Crippen LogP contribution in [0.3, 0.4) is 0 Å². The highest BCUT2D eigenvalue weighted by Gasteiger charge is 2.06. The second kappa shape index (κ2) is 8.42. The summed E-state index contributed by atoms with van der Waals surface area (Å²) in [6, 6.07) is 23.7. The molecule has 1 aromatic heterocycles. The summed E-state index contributed by atoms with van der Waals surface area (Å²) in [5, 5.41) is 6.88. The second-order valence-electron chi connectivity index (χ2n) is 6.77. The first-order chi connectivity index (χ1) is 14.5. The van der Waals surface area contributed by atoms with E-state index in [1.807, 2.05) is 54.6 Å². The highest BCUT2D eigenvalue weighted by Crippen LogP contribution is 2.26. The minimum absolute atomic E-state index is 0.297. The molecule has 152 valence electrons. The lowest BCUT2D eigenvalue weighted by atomic mass is 10.1. The zero-order valence-corrected chi connectivity index (χ0v) is 17.1. The fourth-order valence-corrected chi connectivity index (χ4v) is 3.49. The molecule has 0 fully saturated rings. The summed E-state index contributed by atoms with van der Waals surface area (Å²) in [7, 11) is -3.19. The highest BCUT2D eigenvalue weighted by molar-refractivity contribution is 7.90. The van der Waals surface area contributed by atoms with E-state index >= 15 is 0 Å². The maximum Gasteiger partial charge on any atom is 0.175 e. The molecule has 0 atom stereocenters. The van der Waals surface area contributed by atoms with Gasteiger partial charge in [-0.2, -0.15) is 5.10 Å². The van der Waals surface area contributed by atoms with Crippen LogP contribution in [0.15, 0.2) is 90.0 Å². The number of nitrogens with zero attached hydrogens (tertiary/aromatic N) is 1. The van der Waals surface area contributed by atoms with Crippen LogP contribution in [0.4, 0.5) is 0 Å². The van der Waals surface area contributed by atoms with Gasteiger partial charge in [0.2, 0.25) is 0 Å². The van der Waals surface area contributed by atoms with E-state index in [0.29, 0.717) is 23.0 Å². The Hall–Kier alpha value is -3.58. The number of H-pyrrole nitrogens is 1. The quantitative estimate of drug-likeness (QED) is 0.462. The van der Waals surface area contributed by atoms with Crippen molar-refractivity contribution in [3.63, 3.8) is 0 Å². The summed E-state index contributed by atoms with van der Waals surface area (Å²) in [4.78, 5) is 0.297. The summed E-state index contributed by atoms with van der Waals surface area (Å²) >= 11 is 0. The summed E-state index contributed by atoms with van der Waals surface area (Å²) in [6.45, 7) is 0.347. The van der Waals surface area contributed by atoms with Crippen molar-refractivity contribution in [2.75, 3.05) is 6.26 Å². The third-order valence-corrected chi connectivity index (χ3v) is 5.61. The fraction of sp³-hybridized carbons (Fsp3) is 0.0870. The Morgan fingerprint density at radius 1 is 0.800 bits per heavy atom. The second-order valence-corrected chi connectivity index (χ2v) is 8.79. The molecule has 0 spiro atoms. The topological polar surface area (TPSA) is 81.3 Å². The number of ether oxygens (including phenoxy) is 2. The molecule has 0 bridgehead atoms. The molecule has 0 aliphatic heterocycles. The van der Waals surface area contributed by atoms with Gasteiger partial charge < -0.3 is 9.47 Å². The van der Waals surface area contributed by atoms with Gasteiger partial charge in [0.1, 0.15) is 23.9 Å². The third-order valence-electron chi connectivity index (χ3n) is 4.48. The van der Waals surface area contributed by atoms with Gasteiger partial charge in [-0.15, -0.1) is 0 Å². The van der Waals surface area contributed by atoms with Gasteiger partial charge in [-0.1, -0.05) is 12.1 Å². The van der Waals surface area contributed by atoms with Crippen molar-refractivity contribution in [1.29, 1.82) is 0 Å². The molecule has 30 heavy (non-hydrogen) atoms. The molecule has 7 heteroatoms. The Morgan fingerprint density at radius 3 is 1.97 bits per heavy atom. The predicted octanol–water partition coefficient (Wildman–Crippen LogP) is 4.85. The highest BCUT2D eigenvalue weighted by atomic mass is 32.2. The molecule has 1 heterocycles. The van der Waals surface area contributed by atoms with Crippen LogP contribution in [-0.2, 0) is 16.4 Å². The van der Waals surface area contributed by atoms with Crippen LogP contribution < -0.4 is 9.47 Å². The Morgan fingerprint density at radius 2 is 1.40 bits per heavy atom. The number of rotatable bonds is 7. The zero-order chi connectivity index (χ0) is 21.0. The van der Waals surface area contributed by atoms with Crippen molar-refractivity contribution in [2.24, 2.45) is 0 Å². The van der Waals surface area contributed by atoms with E-state index in [1.165, 1.54) is 6.26 Å². The summed E-state index contributed by atoms with van der Waals surface area (Å²) in [6.07, 6.45) is 2.91. The minimum atomic E-state index is -3.19. The molecular formula is C23H20N2O4S. The van der Waals surface area contributed by atoms with E-state index in [0.717, 1.165) is 22.6 Å². The third kappa shape index (κ3) is 4.87. The maximum absolute atomic E-state index is 11.5. The number of hydrogen-bond donors (Lipinski definition) is 1. The minimum Gasteiger partial charge on any atom is -0.489 e. The van der Waals surface area contributed by atoms with Gasteiger partial charge in [0.05, 0.1) is 10.6 Å². The molecule has 4 aromatic rings. The zero-order valence-electron chi connectivity index (χ0n) is 16.3. The number of aromatic nitrogens is 2. The molecule has 3 aromatic carbocycles. The number of sulfone groups is 1. The number of benzene rings is 3. The molecular weight excluding hydrogens is 400 g/mol. The van der Waals surface area contributed by atoms with E-state index < -0.39 is 9.84 Å². The standard InChI is InChI=1S/C23H20N2O4S/c1-30(26,27)22-12-2-17(3-13-22)16-28-19-8-10-21(11-9-19)29-20-6-4-18(5-7-20)23-14-15-24-25-23/h2-15H,16H2,1H3,(H,24,25). The van der Waals surface area contributed by atoms with Crippen molar-refractivity contribution in [2.45, 2.75) is 11.5 Å².